The number of aliphatic hydroxyl groups is 1. The summed E-state index contributed by atoms with van der Waals surface area (Å²) in [7, 11) is 0. The van der Waals surface area contributed by atoms with Gasteiger partial charge in [0.2, 0.25) is 0 Å². The van der Waals surface area contributed by atoms with Gasteiger partial charge in [-0.1, -0.05) is 11.6 Å². The molecular formula is C10H14ClN3O2. The maximum absolute atomic E-state index is 9.08. The summed E-state index contributed by atoms with van der Waals surface area (Å²) in [5.41, 5.74) is 0. The summed E-state index contributed by atoms with van der Waals surface area (Å²) >= 11 is 5.80. The summed E-state index contributed by atoms with van der Waals surface area (Å²) in [6, 6.07) is 0.204. The minimum Gasteiger partial charge on any atom is -0.394 e. The van der Waals surface area contributed by atoms with Crippen LogP contribution in [0.25, 0.3) is 0 Å². The van der Waals surface area contributed by atoms with E-state index in [2.05, 4.69) is 9.97 Å². The molecular weight excluding hydrogens is 230 g/mol. The zero-order valence-electron chi connectivity index (χ0n) is 9.01. The molecule has 0 spiro atoms. The van der Waals surface area contributed by atoms with Crippen LogP contribution in [0, 0.1) is 0 Å². The van der Waals surface area contributed by atoms with Crippen LogP contribution in [0.2, 0.25) is 5.15 Å². The van der Waals surface area contributed by atoms with Gasteiger partial charge in [0.05, 0.1) is 37.8 Å². The second-order valence-corrected chi connectivity index (χ2v) is 4.23. The highest BCUT2D eigenvalue weighted by molar-refractivity contribution is 6.29. The Kier molecular flexibility index (Phi) is 3.58. The number of anilines is 1. The zero-order valence-corrected chi connectivity index (χ0v) is 9.76. The molecule has 2 atom stereocenters. The molecule has 6 heteroatoms. The van der Waals surface area contributed by atoms with Gasteiger partial charge >= 0.3 is 0 Å². The first-order chi connectivity index (χ1) is 7.70. The summed E-state index contributed by atoms with van der Waals surface area (Å²) in [6.45, 7) is 3.22. The summed E-state index contributed by atoms with van der Waals surface area (Å²) in [5.74, 6) is 0.724. The lowest BCUT2D eigenvalue weighted by molar-refractivity contribution is -0.0105. The average Bonchev–Trinajstić information content (AvgIpc) is 2.30. The Morgan fingerprint density at radius 2 is 2.44 bits per heavy atom. The molecule has 1 N–H and O–H groups in total. The average molecular weight is 244 g/mol. The lowest BCUT2D eigenvalue weighted by Gasteiger charge is -2.38. The highest BCUT2D eigenvalue weighted by Gasteiger charge is 2.26. The van der Waals surface area contributed by atoms with Gasteiger partial charge in [0, 0.05) is 6.54 Å². The van der Waals surface area contributed by atoms with Crippen LogP contribution >= 0.6 is 11.6 Å². The number of aromatic nitrogens is 2. The Hall–Kier alpha value is -0.910. The molecule has 5 nitrogen and oxygen atoms in total. The van der Waals surface area contributed by atoms with Crippen LogP contribution in [0.4, 0.5) is 5.82 Å². The predicted molar refractivity (Wildman–Crippen MR) is 60.7 cm³/mol. The first-order valence-electron chi connectivity index (χ1n) is 5.17. The molecule has 0 amide bonds. The van der Waals surface area contributed by atoms with E-state index in [1.165, 1.54) is 6.20 Å². The first-order valence-corrected chi connectivity index (χ1v) is 5.55. The summed E-state index contributed by atoms with van der Waals surface area (Å²) in [5, 5.41) is 9.45. The largest absolute Gasteiger partial charge is 0.394 e. The standard InChI is InChI=1S/C10H14ClN3O2/c1-7-6-16-8(5-15)4-14(7)10-3-12-2-9(11)13-10/h2-3,7-8,15H,4-6H2,1H3. The number of hydrogen-bond acceptors (Lipinski definition) is 5. The van der Waals surface area contributed by atoms with E-state index in [9.17, 15) is 0 Å². The van der Waals surface area contributed by atoms with Crippen molar-refractivity contribution in [1.29, 1.82) is 0 Å². The maximum atomic E-state index is 9.08. The normalized spacial score (nSPS) is 25.8. The summed E-state index contributed by atoms with van der Waals surface area (Å²) in [4.78, 5) is 10.3. The van der Waals surface area contributed by atoms with Crippen molar-refractivity contribution in [3.05, 3.63) is 17.5 Å². The number of aliphatic hydroxyl groups excluding tert-OH is 1. The fraction of sp³-hybridized carbons (Fsp3) is 0.600. The molecule has 0 radical (unpaired) electrons. The van der Waals surface area contributed by atoms with E-state index in [1.54, 1.807) is 6.20 Å². The van der Waals surface area contributed by atoms with Crippen LogP contribution in [0.3, 0.4) is 0 Å². The van der Waals surface area contributed by atoms with Crippen LogP contribution in [0.1, 0.15) is 6.92 Å². The quantitative estimate of drug-likeness (QED) is 0.829. The van der Waals surface area contributed by atoms with Gasteiger partial charge in [-0.15, -0.1) is 0 Å². The molecule has 16 heavy (non-hydrogen) atoms. The molecule has 0 saturated carbocycles. The van der Waals surface area contributed by atoms with Gasteiger partial charge in [-0.2, -0.15) is 0 Å². The van der Waals surface area contributed by atoms with Gasteiger partial charge in [-0.05, 0) is 6.92 Å². The highest BCUT2D eigenvalue weighted by atomic mass is 35.5. The van der Waals surface area contributed by atoms with Crippen molar-refractivity contribution in [2.45, 2.75) is 19.1 Å². The molecule has 0 aliphatic carbocycles. The van der Waals surface area contributed by atoms with Gasteiger partial charge in [0.25, 0.3) is 0 Å². The van der Waals surface area contributed by atoms with Crippen LogP contribution in [-0.4, -0.2) is 47.0 Å². The van der Waals surface area contributed by atoms with Crippen LogP contribution in [0.5, 0.6) is 0 Å². The van der Waals surface area contributed by atoms with Gasteiger partial charge in [-0.25, -0.2) is 4.98 Å². The third-order valence-corrected chi connectivity index (χ3v) is 2.78. The number of morpholine rings is 1. The highest BCUT2D eigenvalue weighted by Crippen LogP contribution is 2.20. The van der Waals surface area contributed by atoms with Crippen molar-refractivity contribution < 1.29 is 9.84 Å². The fourth-order valence-corrected chi connectivity index (χ4v) is 1.86. The van der Waals surface area contributed by atoms with E-state index in [0.717, 1.165) is 5.82 Å². The molecule has 1 aromatic heterocycles. The maximum Gasteiger partial charge on any atom is 0.149 e. The molecule has 2 heterocycles. The topological polar surface area (TPSA) is 58.5 Å². The van der Waals surface area contributed by atoms with Crippen LogP contribution in [-0.2, 0) is 4.74 Å². The Morgan fingerprint density at radius 1 is 1.62 bits per heavy atom. The van der Waals surface area contributed by atoms with Crippen molar-refractivity contribution in [3.63, 3.8) is 0 Å². The SMILES string of the molecule is CC1COC(CO)CN1c1cncc(Cl)n1. The molecule has 1 aromatic rings. The fourth-order valence-electron chi connectivity index (χ4n) is 1.72. The molecule has 1 fully saturated rings. The molecule has 1 aliphatic rings. The third kappa shape index (κ3) is 2.42. The Labute approximate surface area is 99.0 Å². The van der Waals surface area contributed by atoms with Crippen molar-refractivity contribution in [1.82, 2.24) is 9.97 Å². The second kappa shape index (κ2) is 4.95. The molecule has 88 valence electrons. The number of ether oxygens (including phenoxy) is 1. The molecule has 0 aromatic carbocycles. The Bertz CT molecular complexity index is 364. The van der Waals surface area contributed by atoms with E-state index < -0.39 is 0 Å². The monoisotopic (exact) mass is 243 g/mol. The summed E-state index contributed by atoms with van der Waals surface area (Å²) in [6.07, 6.45) is 3.00. The van der Waals surface area contributed by atoms with Crippen molar-refractivity contribution in [2.24, 2.45) is 0 Å². The van der Waals surface area contributed by atoms with E-state index in [1.807, 2.05) is 11.8 Å². The van der Waals surface area contributed by atoms with Crippen molar-refractivity contribution in [2.75, 3.05) is 24.7 Å². The minimum atomic E-state index is -0.169. The van der Waals surface area contributed by atoms with E-state index in [4.69, 9.17) is 21.4 Å². The lowest BCUT2D eigenvalue weighted by atomic mass is 10.2. The number of rotatable bonds is 2. The van der Waals surface area contributed by atoms with Gasteiger partial charge in [0.1, 0.15) is 11.0 Å². The van der Waals surface area contributed by atoms with Gasteiger partial charge in [-0.3, -0.25) is 4.98 Å². The first kappa shape index (κ1) is 11.6. The zero-order chi connectivity index (χ0) is 11.5. The molecule has 1 saturated heterocycles. The van der Waals surface area contributed by atoms with Crippen LogP contribution in [0.15, 0.2) is 12.4 Å². The van der Waals surface area contributed by atoms with Crippen molar-refractivity contribution >= 4 is 17.4 Å². The Balaban J connectivity index is 2.17. The number of halogens is 1. The molecule has 2 unspecified atom stereocenters. The molecule has 2 rings (SSSR count). The second-order valence-electron chi connectivity index (χ2n) is 3.84. The van der Waals surface area contributed by atoms with Gasteiger partial charge < -0.3 is 14.7 Å². The number of nitrogens with zero attached hydrogens (tertiary/aromatic N) is 3. The smallest absolute Gasteiger partial charge is 0.149 e. The number of hydrogen-bond donors (Lipinski definition) is 1. The summed E-state index contributed by atoms with van der Waals surface area (Å²) < 4.78 is 5.45. The van der Waals surface area contributed by atoms with Crippen molar-refractivity contribution in [3.8, 4) is 0 Å². The predicted octanol–water partition coefficient (Wildman–Crippen LogP) is 0.716. The van der Waals surface area contributed by atoms with E-state index >= 15 is 0 Å². The molecule has 0 bridgehead atoms. The Morgan fingerprint density at radius 3 is 3.12 bits per heavy atom. The van der Waals surface area contributed by atoms with Crippen LogP contribution < -0.4 is 4.90 Å². The van der Waals surface area contributed by atoms with E-state index in [-0.39, 0.29) is 18.8 Å². The lowest BCUT2D eigenvalue weighted by Crippen LogP contribution is -2.50. The van der Waals surface area contributed by atoms with E-state index in [0.29, 0.717) is 18.3 Å². The third-order valence-electron chi connectivity index (χ3n) is 2.60. The molecule has 1 aliphatic heterocycles. The van der Waals surface area contributed by atoms with Gasteiger partial charge in [0.15, 0.2) is 0 Å². The minimum absolute atomic E-state index is 0.0111.